The smallest absolute Gasteiger partial charge is 0.329 e. The maximum Gasteiger partial charge on any atom is 0.329 e. The lowest BCUT2D eigenvalue weighted by Crippen LogP contribution is -2.46. The summed E-state index contributed by atoms with van der Waals surface area (Å²) in [4.78, 5) is 50.8. The number of carbonyl (C=O) groups is 4. The molecular weight excluding hydrogens is 326 g/mol. The van der Waals surface area contributed by atoms with Gasteiger partial charge in [-0.2, -0.15) is 0 Å². The number of hydrogen-bond acceptors (Lipinski definition) is 6. The van der Waals surface area contributed by atoms with Crippen molar-refractivity contribution in [3.8, 4) is 0 Å². The van der Waals surface area contributed by atoms with Gasteiger partial charge in [0.25, 0.3) is 5.91 Å². The van der Waals surface area contributed by atoms with Gasteiger partial charge in [-0.25, -0.2) is 4.79 Å². The van der Waals surface area contributed by atoms with Crippen LogP contribution in [0.15, 0.2) is 30.3 Å². The Morgan fingerprint density at radius 2 is 1.68 bits per heavy atom. The van der Waals surface area contributed by atoms with Crippen molar-refractivity contribution in [2.24, 2.45) is 11.8 Å². The van der Waals surface area contributed by atoms with Gasteiger partial charge in [0.05, 0.1) is 13.2 Å². The molecule has 0 radical (unpaired) electrons. The van der Waals surface area contributed by atoms with Crippen LogP contribution in [0, 0.1) is 11.8 Å². The van der Waals surface area contributed by atoms with E-state index in [4.69, 9.17) is 4.74 Å². The summed E-state index contributed by atoms with van der Waals surface area (Å²) in [6.07, 6.45) is -0.416. The van der Waals surface area contributed by atoms with Gasteiger partial charge in [-0.1, -0.05) is 25.1 Å². The zero-order chi connectivity index (χ0) is 18.7. The van der Waals surface area contributed by atoms with E-state index in [1.165, 1.54) is 12.1 Å². The van der Waals surface area contributed by atoms with Crippen molar-refractivity contribution in [1.29, 1.82) is 0 Å². The number of benzene rings is 1. The van der Waals surface area contributed by atoms with Crippen LogP contribution in [-0.2, 0) is 23.9 Å². The standard InChI is InChI=1S/C18H21NO6/c1-10(2)25-18(23)14-11(3)13(17(22)24-4)16(21)19(14)15(20)12-8-6-5-7-9-12/h5-11,13-14H,1-4H3/t11-,13-,14+/m1/s1. The molecule has 7 nitrogen and oxygen atoms in total. The van der Waals surface area contributed by atoms with Gasteiger partial charge in [0.15, 0.2) is 0 Å². The summed E-state index contributed by atoms with van der Waals surface area (Å²) in [5.74, 6) is -4.86. The first-order valence-electron chi connectivity index (χ1n) is 8.00. The van der Waals surface area contributed by atoms with Crippen molar-refractivity contribution in [3.63, 3.8) is 0 Å². The van der Waals surface area contributed by atoms with E-state index in [0.717, 1.165) is 12.0 Å². The highest BCUT2D eigenvalue weighted by molar-refractivity contribution is 6.14. The molecule has 3 atom stereocenters. The molecule has 1 heterocycles. The van der Waals surface area contributed by atoms with E-state index in [-0.39, 0.29) is 5.56 Å². The van der Waals surface area contributed by atoms with Gasteiger partial charge in [-0.15, -0.1) is 0 Å². The first-order valence-corrected chi connectivity index (χ1v) is 8.00. The number of hydrogen-bond donors (Lipinski definition) is 0. The summed E-state index contributed by atoms with van der Waals surface area (Å²) in [5, 5.41) is 0. The normalized spacial score (nSPS) is 22.8. The highest BCUT2D eigenvalue weighted by Gasteiger charge is 2.56. The SMILES string of the molecule is COC(=O)[C@H]1C(=O)N(C(=O)c2ccccc2)[C@H](C(=O)OC(C)C)[C@@H]1C. The summed E-state index contributed by atoms with van der Waals surface area (Å²) >= 11 is 0. The lowest BCUT2D eigenvalue weighted by molar-refractivity contribution is -0.155. The minimum absolute atomic E-state index is 0.246. The number of esters is 2. The molecule has 0 aromatic heterocycles. The van der Waals surface area contributed by atoms with Crippen LogP contribution < -0.4 is 0 Å². The highest BCUT2D eigenvalue weighted by Crippen LogP contribution is 2.34. The average Bonchev–Trinajstić information content (AvgIpc) is 2.84. The molecule has 1 aliphatic rings. The maximum absolute atomic E-state index is 12.8. The Bertz CT molecular complexity index is 684. The van der Waals surface area contributed by atoms with Gasteiger partial charge < -0.3 is 9.47 Å². The molecule has 2 rings (SSSR count). The van der Waals surface area contributed by atoms with Gasteiger partial charge in [-0.3, -0.25) is 19.3 Å². The van der Waals surface area contributed by atoms with E-state index in [1.54, 1.807) is 39.0 Å². The Morgan fingerprint density at radius 3 is 2.20 bits per heavy atom. The van der Waals surface area contributed by atoms with E-state index >= 15 is 0 Å². The molecule has 7 heteroatoms. The zero-order valence-corrected chi connectivity index (χ0v) is 14.6. The number of imide groups is 1. The molecule has 1 aromatic carbocycles. The Balaban J connectivity index is 2.44. The molecule has 0 bridgehead atoms. The van der Waals surface area contributed by atoms with Gasteiger partial charge in [-0.05, 0) is 26.0 Å². The minimum atomic E-state index is -1.22. The Kier molecular flexibility index (Phi) is 5.56. The van der Waals surface area contributed by atoms with E-state index in [1.807, 2.05) is 0 Å². The fourth-order valence-electron chi connectivity index (χ4n) is 2.94. The summed E-state index contributed by atoms with van der Waals surface area (Å²) in [6.45, 7) is 4.89. The number of nitrogens with zero attached hydrogens (tertiary/aromatic N) is 1. The van der Waals surface area contributed by atoms with Crippen LogP contribution in [0.3, 0.4) is 0 Å². The lowest BCUT2D eigenvalue weighted by Gasteiger charge is -2.24. The number of likely N-dealkylation sites (tertiary alicyclic amines) is 1. The lowest BCUT2D eigenvalue weighted by atomic mass is 9.92. The van der Waals surface area contributed by atoms with Crippen LogP contribution in [0.2, 0.25) is 0 Å². The molecular formula is C18H21NO6. The highest BCUT2D eigenvalue weighted by atomic mass is 16.5. The first kappa shape index (κ1) is 18.6. The molecule has 0 aliphatic carbocycles. The molecule has 1 aromatic rings. The second kappa shape index (κ2) is 7.46. The monoisotopic (exact) mass is 347 g/mol. The van der Waals surface area contributed by atoms with Gasteiger partial charge in [0.1, 0.15) is 12.0 Å². The van der Waals surface area contributed by atoms with Crippen molar-refractivity contribution >= 4 is 23.8 Å². The minimum Gasteiger partial charge on any atom is -0.468 e. The van der Waals surface area contributed by atoms with Crippen molar-refractivity contribution in [3.05, 3.63) is 35.9 Å². The van der Waals surface area contributed by atoms with Crippen molar-refractivity contribution in [2.75, 3.05) is 7.11 Å². The molecule has 1 aliphatic heterocycles. The number of amides is 2. The fourth-order valence-corrected chi connectivity index (χ4v) is 2.94. The second-order valence-corrected chi connectivity index (χ2v) is 6.17. The maximum atomic E-state index is 12.8. The van der Waals surface area contributed by atoms with Crippen LogP contribution in [0.1, 0.15) is 31.1 Å². The van der Waals surface area contributed by atoms with E-state index in [2.05, 4.69) is 4.74 Å². The van der Waals surface area contributed by atoms with Crippen LogP contribution in [0.5, 0.6) is 0 Å². The quantitative estimate of drug-likeness (QED) is 0.465. The van der Waals surface area contributed by atoms with Gasteiger partial charge >= 0.3 is 11.9 Å². The number of rotatable bonds is 4. The van der Waals surface area contributed by atoms with Crippen molar-refractivity contribution in [1.82, 2.24) is 4.90 Å². The van der Waals surface area contributed by atoms with Crippen LogP contribution >= 0.6 is 0 Å². The second-order valence-electron chi connectivity index (χ2n) is 6.17. The van der Waals surface area contributed by atoms with Crippen molar-refractivity contribution < 1.29 is 28.7 Å². The topological polar surface area (TPSA) is 90.0 Å². The Labute approximate surface area is 145 Å². The summed E-state index contributed by atoms with van der Waals surface area (Å²) in [5.41, 5.74) is 0.246. The van der Waals surface area contributed by atoms with Crippen LogP contribution in [0.25, 0.3) is 0 Å². The summed E-state index contributed by atoms with van der Waals surface area (Å²) in [6, 6.07) is 6.93. The largest absolute Gasteiger partial charge is 0.468 e. The molecule has 0 saturated carbocycles. The Hall–Kier alpha value is -2.70. The van der Waals surface area contributed by atoms with Crippen molar-refractivity contribution in [2.45, 2.75) is 32.9 Å². The molecule has 0 N–H and O–H groups in total. The van der Waals surface area contributed by atoms with E-state index < -0.39 is 47.7 Å². The van der Waals surface area contributed by atoms with Crippen LogP contribution in [0.4, 0.5) is 0 Å². The van der Waals surface area contributed by atoms with E-state index in [9.17, 15) is 19.2 Å². The molecule has 0 spiro atoms. The molecule has 134 valence electrons. The average molecular weight is 347 g/mol. The third kappa shape index (κ3) is 3.55. The molecule has 1 fully saturated rings. The predicted octanol–water partition coefficient (Wildman–Crippen LogP) is 1.41. The van der Waals surface area contributed by atoms with Gasteiger partial charge in [0.2, 0.25) is 5.91 Å². The number of methoxy groups -OCH3 is 1. The Morgan fingerprint density at radius 1 is 1.08 bits per heavy atom. The van der Waals surface area contributed by atoms with Crippen LogP contribution in [-0.4, -0.2) is 47.9 Å². The molecule has 1 saturated heterocycles. The van der Waals surface area contributed by atoms with Gasteiger partial charge in [0, 0.05) is 11.5 Å². The molecule has 2 amide bonds. The fraction of sp³-hybridized carbons (Fsp3) is 0.444. The predicted molar refractivity (Wildman–Crippen MR) is 87.3 cm³/mol. The summed E-state index contributed by atoms with van der Waals surface area (Å²) < 4.78 is 9.86. The number of ether oxygens (including phenoxy) is 2. The third-order valence-electron chi connectivity index (χ3n) is 4.09. The molecule has 0 unspecified atom stereocenters. The summed E-state index contributed by atoms with van der Waals surface area (Å²) in [7, 11) is 1.16. The number of carbonyl (C=O) groups excluding carboxylic acids is 4. The zero-order valence-electron chi connectivity index (χ0n) is 14.6. The molecule has 25 heavy (non-hydrogen) atoms. The van der Waals surface area contributed by atoms with E-state index in [0.29, 0.717) is 0 Å². The first-order chi connectivity index (χ1) is 11.8. The third-order valence-corrected chi connectivity index (χ3v) is 4.09.